The van der Waals surface area contributed by atoms with E-state index >= 15 is 0 Å². The van der Waals surface area contributed by atoms with Crippen molar-refractivity contribution in [2.24, 2.45) is 0 Å². The van der Waals surface area contributed by atoms with Crippen LogP contribution >= 0.6 is 0 Å². The Labute approximate surface area is 150 Å². The number of ether oxygens (including phenoxy) is 2. The highest BCUT2D eigenvalue weighted by Gasteiger charge is 2.13. The molecule has 25 heavy (non-hydrogen) atoms. The van der Waals surface area contributed by atoms with Crippen molar-refractivity contribution in [3.05, 3.63) is 59.2 Å². The lowest BCUT2D eigenvalue weighted by atomic mass is 10.0. The lowest BCUT2D eigenvalue weighted by Gasteiger charge is -2.18. The van der Waals surface area contributed by atoms with Gasteiger partial charge in [0.2, 0.25) is 5.91 Å². The van der Waals surface area contributed by atoms with Crippen molar-refractivity contribution < 1.29 is 14.3 Å². The fourth-order valence-electron chi connectivity index (χ4n) is 2.78. The highest BCUT2D eigenvalue weighted by Crippen LogP contribution is 2.28. The number of rotatable bonds is 8. The molecule has 2 aromatic rings. The van der Waals surface area contributed by atoms with Gasteiger partial charge in [-0.25, -0.2) is 0 Å². The summed E-state index contributed by atoms with van der Waals surface area (Å²) in [7, 11) is 3.22. The zero-order valence-electron chi connectivity index (χ0n) is 15.5. The summed E-state index contributed by atoms with van der Waals surface area (Å²) in [6.45, 7) is 4.14. The number of nitrogens with one attached hydrogen (secondary N) is 1. The lowest BCUT2D eigenvalue weighted by molar-refractivity contribution is -0.121. The second kappa shape index (κ2) is 9.11. The smallest absolute Gasteiger partial charge is 0.220 e. The number of amides is 1. The Balaban J connectivity index is 1.94. The van der Waals surface area contributed by atoms with Gasteiger partial charge in [-0.1, -0.05) is 42.8 Å². The van der Waals surface area contributed by atoms with Crippen LogP contribution < -0.4 is 14.8 Å². The first-order valence-electron chi connectivity index (χ1n) is 8.64. The molecule has 0 aromatic heterocycles. The predicted molar refractivity (Wildman–Crippen MR) is 100 cm³/mol. The van der Waals surface area contributed by atoms with Crippen LogP contribution in [0.5, 0.6) is 11.5 Å². The first-order valence-corrected chi connectivity index (χ1v) is 8.64. The van der Waals surface area contributed by atoms with Crippen LogP contribution in [0.4, 0.5) is 0 Å². The molecular formula is C21H27NO3. The highest BCUT2D eigenvalue weighted by atomic mass is 16.5. The zero-order valence-corrected chi connectivity index (χ0v) is 15.5. The van der Waals surface area contributed by atoms with Gasteiger partial charge in [0.15, 0.2) is 11.5 Å². The summed E-state index contributed by atoms with van der Waals surface area (Å²) in [6, 6.07) is 14.1. The normalized spacial score (nSPS) is 11.7. The standard InChI is InChI=1S/C21H27NO3/c1-5-18(17-10-6-15(2)7-11-17)22-21(23)13-9-16-8-12-19(24-3)20(14-16)25-4/h6-8,10-12,14,18H,5,9,13H2,1-4H3,(H,22,23)/t18-/m0/s1. The monoisotopic (exact) mass is 341 g/mol. The molecule has 0 bridgehead atoms. The highest BCUT2D eigenvalue weighted by molar-refractivity contribution is 5.76. The minimum atomic E-state index is 0.0542. The zero-order chi connectivity index (χ0) is 18.2. The topological polar surface area (TPSA) is 47.6 Å². The molecule has 0 spiro atoms. The summed E-state index contributed by atoms with van der Waals surface area (Å²) < 4.78 is 10.5. The van der Waals surface area contributed by atoms with E-state index in [0.717, 1.165) is 17.5 Å². The fraction of sp³-hybridized carbons (Fsp3) is 0.381. The lowest BCUT2D eigenvalue weighted by Crippen LogP contribution is -2.28. The SMILES string of the molecule is CC[C@H](NC(=O)CCc1ccc(OC)c(OC)c1)c1ccc(C)cc1. The molecule has 0 aliphatic carbocycles. The van der Waals surface area contributed by atoms with E-state index in [0.29, 0.717) is 24.3 Å². The Bertz CT molecular complexity index is 695. The van der Waals surface area contributed by atoms with Gasteiger partial charge < -0.3 is 14.8 Å². The third-order valence-electron chi connectivity index (χ3n) is 4.31. The average Bonchev–Trinajstić information content (AvgIpc) is 2.64. The van der Waals surface area contributed by atoms with Crippen LogP contribution in [-0.2, 0) is 11.2 Å². The van der Waals surface area contributed by atoms with Crippen LogP contribution in [0.3, 0.4) is 0 Å². The second-order valence-electron chi connectivity index (χ2n) is 6.13. The molecule has 0 radical (unpaired) electrons. The van der Waals surface area contributed by atoms with E-state index < -0.39 is 0 Å². The first kappa shape index (κ1) is 18.8. The first-order chi connectivity index (χ1) is 12.1. The molecule has 0 aliphatic heterocycles. The number of aryl methyl sites for hydroxylation is 2. The molecule has 2 rings (SSSR count). The minimum Gasteiger partial charge on any atom is -0.493 e. The van der Waals surface area contributed by atoms with Crippen LogP contribution in [-0.4, -0.2) is 20.1 Å². The maximum absolute atomic E-state index is 12.3. The number of methoxy groups -OCH3 is 2. The maximum Gasteiger partial charge on any atom is 0.220 e. The van der Waals surface area contributed by atoms with Gasteiger partial charge in [-0.3, -0.25) is 4.79 Å². The van der Waals surface area contributed by atoms with Crippen LogP contribution in [0.25, 0.3) is 0 Å². The van der Waals surface area contributed by atoms with Crippen molar-refractivity contribution in [1.82, 2.24) is 5.32 Å². The van der Waals surface area contributed by atoms with E-state index in [-0.39, 0.29) is 11.9 Å². The van der Waals surface area contributed by atoms with E-state index in [4.69, 9.17) is 9.47 Å². The van der Waals surface area contributed by atoms with Gasteiger partial charge in [-0.05, 0) is 43.0 Å². The molecule has 0 saturated carbocycles. The summed E-state index contributed by atoms with van der Waals surface area (Å²) in [5.41, 5.74) is 3.42. The van der Waals surface area contributed by atoms with Crippen LogP contribution in [0.1, 0.15) is 42.5 Å². The largest absolute Gasteiger partial charge is 0.493 e. The van der Waals surface area contributed by atoms with Crippen molar-refractivity contribution >= 4 is 5.91 Å². The molecule has 1 atom stereocenters. The van der Waals surface area contributed by atoms with Crippen molar-refractivity contribution in [1.29, 1.82) is 0 Å². The van der Waals surface area contributed by atoms with Crippen LogP contribution in [0.15, 0.2) is 42.5 Å². The quantitative estimate of drug-likeness (QED) is 0.782. The van der Waals surface area contributed by atoms with Crippen LogP contribution in [0, 0.1) is 6.92 Å². The summed E-state index contributed by atoms with van der Waals surface area (Å²) in [6.07, 6.45) is 1.97. The molecule has 1 amide bonds. The van der Waals surface area contributed by atoms with Crippen LogP contribution in [0.2, 0.25) is 0 Å². The number of carbonyl (C=O) groups is 1. The Hall–Kier alpha value is -2.49. The summed E-state index contributed by atoms with van der Waals surface area (Å²) >= 11 is 0. The van der Waals surface area contributed by atoms with E-state index in [2.05, 4.69) is 43.4 Å². The number of carbonyl (C=O) groups excluding carboxylic acids is 1. The van der Waals surface area contributed by atoms with Gasteiger partial charge in [-0.15, -0.1) is 0 Å². The number of benzene rings is 2. The van der Waals surface area contributed by atoms with Crippen molar-refractivity contribution in [2.75, 3.05) is 14.2 Å². The summed E-state index contributed by atoms with van der Waals surface area (Å²) in [5, 5.41) is 3.13. The molecule has 0 aliphatic rings. The molecule has 1 N–H and O–H groups in total. The average molecular weight is 341 g/mol. The Morgan fingerprint density at radius 2 is 1.72 bits per heavy atom. The molecule has 0 saturated heterocycles. The van der Waals surface area contributed by atoms with Gasteiger partial charge in [0.05, 0.1) is 20.3 Å². The van der Waals surface area contributed by atoms with Crippen molar-refractivity contribution in [2.45, 2.75) is 39.2 Å². The third-order valence-corrected chi connectivity index (χ3v) is 4.31. The van der Waals surface area contributed by atoms with E-state index in [1.165, 1.54) is 5.56 Å². The van der Waals surface area contributed by atoms with Gasteiger partial charge in [0, 0.05) is 6.42 Å². The number of hydrogen-bond acceptors (Lipinski definition) is 3. The Morgan fingerprint density at radius 3 is 2.32 bits per heavy atom. The molecular weight excluding hydrogens is 314 g/mol. The van der Waals surface area contributed by atoms with Gasteiger partial charge in [-0.2, -0.15) is 0 Å². The maximum atomic E-state index is 12.3. The van der Waals surface area contributed by atoms with Gasteiger partial charge in [0.1, 0.15) is 0 Å². The van der Waals surface area contributed by atoms with E-state index in [1.54, 1.807) is 14.2 Å². The predicted octanol–water partition coefficient (Wildman–Crippen LogP) is 4.21. The molecule has 0 fully saturated rings. The second-order valence-corrected chi connectivity index (χ2v) is 6.13. The van der Waals surface area contributed by atoms with E-state index in [9.17, 15) is 4.79 Å². The Kier molecular flexibility index (Phi) is 6.87. The third kappa shape index (κ3) is 5.24. The number of hydrogen-bond donors (Lipinski definition) is 1. The van der Waals surface area contributed by atoms with Gasteiger partial charge in [0.25, 0.3) is 0 Å². The van der Waals surface area contributed by atoms with E-state index in [1.807, 2.05) is 18.2 Å². The molecule has 4 heteroatoms. The van der Waals surface area contributed by atoms with Gasteiger partial charge >= 0.3 is 0 Å². The van der Waals surface area contributed by atoms with Crippen molar-refractivity contribution in [3.63, 3.8) is 0 Å². The Morgan fingerprint density at radius 1 is 1.04 bits per heavy atom. The minimum absolute atomic E-state index is 0.0542. The fourth-order valence-corrected chi connectivity index (χ4v) is 2.78. The van der Waals surface area contributed by atoms with Crippen molar-refractivity contribution in [3.8, 4) is 11.5 Å². The molecule has 134 valence electrons. The molecule has 2 aromatic carbocycles. The molecule has 4 nitrogen and oxygen atoms in total. The summed E-state index contributed by atoms with van der Waals surface area (Å²) in [4.78, 5) is 12.3. The summed E-state index contributed by atoms with van der Waals surface area (Å²) in [5.74, 6) is 1.44. The molecule has 0 unspecified atom stereocenters. The molecule has 0 heterocycles.